The van der Waals surface area contributed by atoms with E-state index in [0.717, 1.165) is 16.3 Å². The van der Waals surface area contributed by atoms with Crippen LogP contribution in [0.4, 0.5) is 0 Å². The molecule has 0 N–H and O–H groups in total. The normalized spacial score (nSPS) is 19.9. The summed E-state index contributed by atoms with van der Waals surface area (Å²) in [6.45, 7) is 8.97. The minimum atomic E-state index is -2.91. The van der Waals surface area contributed by atoms with Crippen LogP contribution in [-0.2, 0) is 16.4 Å². The summed E-state index contributed by atoms with van der Waals surface area (Å²) in [6, 6.07) is 4.09. The summed E-state index contributed by atoms with van der Waals surface area (Å²) in [5, 5.41) is 0. The van der Waals surface area contributed by atoms with Gasteiger partial charge < -0.3 is 4.42 Å². The monoisotopic (exact) mass is 366 g/mol. The summed E-state index contributed by atoms with van der Waals surface area (Å²) < 4.78 is 29.4. The van der Waals surface area contributed by atoms with Crippen molar-refractivity contribution in [3.8, 4) is 10.8 Å². The summed E-state index contributed by atoms with van der Waals surface area (Å²) in [4.78, 5) is 9.00. The van der Waals surface area contributed by atoms with Crippen molar-refractivity contribution in [3.63, 3.8) is 0 Å². The van der Waals surface area contributed by atoms with Crippen LogP contribution in [0.15, 0.2) is 29.2 Å². The SMILES string of the molecule is C=CCN(Cc1nc(-c2ccc(C)s2)oc1C)C1CCS(=O)(=O)C1. The van der Waals surface area contributed by atoms with Crippen molar-refractivity contribution in [2.24, 2.45) is 0 Å². The molecule has 0 aromatic carbocycles. The van der Waals surface area contributed by atoms with Crippen LogP contribution in [0.2, 0.25) is 0 Å². The molecule has 1 aliphatic rings. The van der Waals surface area contributed by atoms with E-state index in [1.54, 1.807) is 11.3 Å². The molecule has 1 saturated heterocycles. The van der Waals surface area contributed by atoms with Gasteiger partial charge in [0.25, 0.3) is 0 Å². The number of hydrogen-bond acceptors (Lipinski definition) is 6. The minimum absolute atomic E-state index is 0.0246. The average molecular weight is 367 g/mol. The lowest BCUT2D eigenvalue weighted by atomic mass is 10.2. The van der Waals surface area contributed by atoms with Crippen LogP contribution >= 0.6 is 11.3 Å². The van der Waals surface area contributed by atoms with E-state index in [0.29, 0.717) is 25.4 Å². The van der Waals surface area contributed by atoms with Gasteiger partial charge in [0.2, 0.25) is 5.89 Å². The lowest BCUT2D eigenvalue weighted by Gasteiger charge is -2.25. The molecule has 7 heteroatoms. The smallest absolute Gasteiger partial charge is 0.236 e. The van der Waals surface area contributed by atoms with Crippen LogP contribution in [0.5, 0.6) is 0 Å². The molecular weight excluding hydrogens is 344 g/mol. The van der Waals surface area contributed by atoms with E-state index >= 15 is 0 Å². The highest BCUT2D eigenvalue weighted by molar-refractivity contribution is 7.91. The van der Waals surface area contributed by atoms with Gasteiger partial charge in [-0.2, -0.15) is 0 Å². The molecule has 1 fully saturated rings. The van der Waals surface area contributed by atoms with Gasteiger partial charge in [-0.3, -0.25) is 4.90 Å². The molecule has 1 atom stereocenters. The Morgan fingerprint density at radius 1 is 1.46 bits per heavy atom. The maximum absolute atomic E-state index is 11.8. The van der Waals surface area contributed by atoms with Gasteiger partial charge in [0.05, 0.1) is 22.1 Å². The molecule has 0 bridgehead atoms. The lowest BCUT2D eigenvalue weighted by molar-refractivity contribution is 0.223. The maximum Gasteiger partial charge on any atom is 0.236 e. The third-order valence-corrected chi connectivity index (χ3v) is 7.02. The van der Waals surface area contributed by atoms with Crippen molar-refractivity contribution < 1.29 is 12.8 Å². The Morgan fingerprint density at radius 3 is 2.83 bits per heavy atom. The van der Waals surface area contributed by atoms with Crippen molar-refractivity contribution in [1.29, 1.82) is 0 Å². The Balaban J connectivity index is 1.80. The van der Waals surface area contributed by atoms with E-state index in [2.05, 4.69) is 23.4 Å². The Labute approximate surface area is 146 Å². The molecule has 1 unspecified atom stereocenters. The minimum Gasteiger partial charge on any atom is -0.440 e. The lowest BCUT2D eigenvalue weighted by Crippen LogP contribution is -2.36. The van der Waals surface area contributed by atoms with Gasteiger partial charge in [-0.15, -0.1) is 17.9 Å². The van der Waals surface area contributed by atoms with Crippen molar-refractivity contribution in [3.05, 3.63) is 41.1 Å². The van der Waals surface area contributed by atoms with Crippen LogP contribution in [0.1, 0.15) is 22.8 Å². The number of oxazole rings is 1. The number of nitrogens with zero attached hydrogens (tertiary/aromatic N) is 2. The first-order chi connectivity index (χ1) is 11.4. The van der Waals surface area contributed by atoms with Crippen LogP contribution in [0.3, 0.4) is 0 Å². The number of aromatic nitrogens is 1. The molecule has 130 valence electrons. The number of aryl methyl sites for hydroxylation is 2. The first-order valence-electron chi connectivity index (χ1n) is 7.96. The van der Waals surface area contributed by atoms with Gasteiger partial charge in [-0.05, 0) is 32.4 Å². The average Bonchev–Trinajstić information content (AvgIpc) is 3.19. The molecule has 0 saturated carbocycles. The highest BCUT2D eigenvalue weighted by Gasteiger charge is 2.32. The van der Waals surface area contributed by atoms with Gasteiger partial charge in [0.1, 0.15) is 5.76 Å². The Hall–Kier alpha value is -1.44. The van der Waals surface area contributed by atoms with E-state index in [-0.39, 0.29) is 17.5 Å². The van der Waals surface area contributed by atoms with E-state index < -0.39 is 9.84 Å². The first kappa shape index (κ1) is 17.4. The summed E-state index contributed by atoms with van der Waals surface area (Å²) in [5.41, 5.74) is 0.863. The second kappa shape index (κ2) is 6.82. The Bertz CT molecular complexity index is 836. The predicted octanol–water partition coefficient (Wildman–Crippen LogP) is 3.20. The van der Waals surface area contributed by atoms with E-state index in [9.17, 15) is 8.42 Å². The molecule has 0 radical (unpaired) electrons. The topological polar surface area (TPSA) is 63.4 Å². The van der Waals surface area contributed by atoms with Crippen molar-refractivity contribution in [2.75, 3.05) is 18.1 Å². The number of rotatable bonds is 6. The fourth-order valence-corrected chi connectivity index (χ4v) is 5.55. The van der Waals surface area contributed by atoms with Crippen LogP contribution in [0, 0.1) is 13.8 Å². The molecule has 2 aromatic rings. The second-order valence-corrected chi connectivity index (χ2v) is 9.72. The Kier molecular flexibility index (Phi) is 4.94. The second-order valence-electron chi connectivity index (χ2n) is 6.21. The highest BCUT2D eigenvalue weighted by atomic mass is 32.2. The van der Waals surface area contributed by atoms with E-state index in [1.807, 2.05) is 25.1 Å². The zero-order valence-electron chi connectivity index (χ0n) is 14.0. The number of thiophene rings is 1. The quantitative estimate of drug-likeness (QED) is 0.735. The molecule has 24 heavy (non-hydrogen) atoms. The molecule has 5 nitrogen and oxygen atoms in total. The van der Waals surface area contributed by atoms with Gasteiger partial charge >= 0.3 is 0 Å². The highest BCUT2D eigenvalue weighted by Crippen LogP contribution is 2.29. The summed E-state index contributed by atoms with van der Waals surface area (Å²) >= 11 is 1.65. The van der Waals surface area contributed by atoms with Crippen molar-refractivity contribution in [2.45, 2.75) is 32.9 Å². The number of sulfone groups is 1. The molecule has 0 spiro atoms. The van der Waals surface area contributed by atoms with E-state index in [1.165, 1.54) is 4.88 Å². The molecule has 0 amide bonds. The maximum atomic E-state index is 11.8. The summed E-state index contributed by atoms with van der Waals surface area (Å²) in [5.74, 6) is 1.90. The fraction of sp³-hybridized carbons (Fsp3) is 0.471. The third kappa shape index (κ3) is 3.79. The molecule has 2 aromatic heterocycles. The fourth-order valence-electron chi connectivity index (χ4n) is 2.99. The number of hydrogen-bond donors (Lipinski definition) is 0. The van der Waals surface area contributed by atoms with Crippen LogP contribution in [-0.4, -0.2) is 42.4 Å². The van der Waals surface area contributed by atoms with Gasteiger partial charge in [-0.25, -0.2) is 13.4 Å². The Morgan fingerprint density at radius 2 is 2.25 bits per heavy atom. The molecule has 3 rings (SSSR count). The largest absolute Gasteiger partial charge is 0.440 e. The molecule has 1 aliphatic heterocycles. The standard InChI is InChI=1S/C17H22N2O3S2/c1-4-8-19(14-7-9-24(20,21)11-14)10-15-13(3)22-17(18-15)16-6-5-12(2)23-16/h4-6,14H,1,7-11H2,2-3H3. The first-order valence-corrected chi connectivity index (χ1v) is 10.6. The zero-order valence-corrected chi connectivity index (χ0v) is 15.6. The van der Waals surface area contributed by atoms with Crippen LogP contribution in [0.25, 0.3) is 10.8 Å². The zero-order chi connectivity index (χ0) is 17.3. The molecule has 0 aliphatic carbocycles. The third-order valence-electron chi connectivity index (χ3n) is 4.29. The van der Waals surface area contributed by atoms with Gasteiger partial charge in [0, 0.05) is 24.0 Å². The van der Waals surface area contributed by atoms with E-state index in [4.69, 9.17) is 4.42 Å². The van der Waals surface area contributed by atoms with Gasteiger partial charge in [-0.1, -0.05) is 6.08 Å². The summed E-state index contributed by atoms with van der Waals surface area (Å²) in [7, 11) is -2.91. The van der Waals surface area contributed by atoms with Gasteiger partial charge in [0.15, 0.2) is 9.84 Å². The summed E-state index contributed by atoms with van der Waals surface area (Å²) in [6.07, 6.45) is 2.48. The molecular formula is C17H22N2O3S2. The molecule has 3 heterocycles. The van der Waals surface area contributed by atoms with Crippen LogP contribution < -0.4 is 0 Å². The van der Waals surface area contributed by atoms with Crippen molar-refractivity contribution in [1.82, 2.24) is 9.88 Å². The van der Waals surface area contributed by atoms with Crippen molar-refractivity contribution >= 4 is 21.2 Å². The predicted molar refractivity (Wildman–Crippen MR) is 97.0 cm³/mol.